The van der Waals surface area contributed by atoms with Crippen molar-refractivity contribution in [2.45, 2.75) is 45.3 Å². The van der Waals surface area contributed by atoms with Crippen LogP contribution in [0.1, 0.15) is 38.7 Å². The molecule has 0 bridgehead atoms. The van der Waals surface area contributed by atoms with Crippen LogP contribution in [-0.4, -0.2) is 19.2 Å². The molecular weight excluding hydrogens is 286 g/mol. The Bertz CT molecular complexity index is 432. The molecule has 1 rings (SSSR count). The SMILES string of the molecule is CC(C)NCCCCCOc1ccc(F)c(C(F)(F)F)c1. The molecule has 1 aromatic rings. The van der Waals surface area contributed by atoms with Gasteiger partial charge in [-0.2, -0.15) is 13.2 Å². The maximum Gasteiger partial charge on any atom is 0.419 e. The highest BCUT2D eigenvalue weighted by Crippen LogP contribution is 2.33. The van der Waals surface area contributed by atoms with Gasteiger partial charge in [0.25, 0.3) is 0 Å². The largest absolute Gasteiger partial charge is 0.494 e. The van der Waals surface area contributed by atoms with Crippen molar-refractivity contribution < 1.29 is 22.3 Å². The summed E-state index contributed by atoms with van der Waals surface area (Å²) in [7, 11) is 0. The Kier molecular flexibility index (Phi) is 6.95. The fourth-order valence-electron chi connectivity index (χ4n) is 1.80. The Morgan fingerprint density at radius 1 is 1.14 bits per heavy atom. The van der Waals surface area contributed by atoms with Crippen LogP contribution in [-0.2, 0) is 6.18 Å². The molecule has 0 atom stereocenters. The quantitative estimate of drug-likeness (QED) is 0.568. The van der Waals surface area contributed by atoms with Crippen LogP contribution in [0.3, 0.4) is 0 Å². The molecule has 1 N–H and O–H groups in total. The van der Waals surface area contributed by atoms with Gasteiger partial charge in [0.1, 0.15) is 11.6 Å². The average Bonchev–Trinajstić information content (AvgIpc) is 2.37. The van der Waals surface area contributed by atoms with E-state index in [-0.39, 0.29) is 5.75 Å². The lowest BCUT2D eigenvalue weighted by atomic mass is 10.2. The number of hydrogen-bond acceptors (Lipinski definition) is 2. The Labute approximate surface area is 122 Å². The minimum absolute atomic E-state index is 0.0454. The summed E-state index contributed by atoms with van der Waals surface area (Å²) >= 11 is 0. The topological polar surface area (TPSA) is 21.3 Å². The lowest BCUT2D eigenvalue weighted by Crippen LogP contribution is -2.23. The summed E-state index contributed by atoms with van der Waals surface area (Å²) in [4.78, 5) is 0. The van der Waals surface area contributed by atoms with Crippen molar-refractivity contribution in [3.63, 3.8) is 0 Å². The van der Waals surface area contributed by atoms with Gasteiger partial charge in [-0.1, -0.05) is 13.8 Å². The van der Waals surface area contributed by atoms with E-state index in [2.05, 4.69) is 19.2 Å². The molecule has 0 aliphatic carbocycles. The number of rotatable bonds is 8. The first-order chi connectivity index (χ1) is 9.80. The molecule has 0 heterocycles. The molecule has 0 saturated carbocycles. The second kappa shape index (κ2) is 8.22. The van der Waals surface area contributed by atoms with E-state index in [9.17, 15) is 17.6 Å². The third kappa shape index (κ3) is 6.80. The van der Waals surface area contributed by atoms with Gasteiger partial charge < -0.3 is 10.1 Å². The predicted molar refractivity (Wildman–Crippen MR) is 73.9 cm³/mol. The maximum absolute atomic E-state index is 13.1. The summed E-state index contributed by atoms with van der Waals surface area (Å²) in [5.41, 5.74) is -1.29. The lowest BCUT2D eigenvalue weighted by molar-refractivity contribution is -0.140. The van der Waals surface area contributed by atoms with Gasteiger partial charge in [0, 0.05) is 6.04 Å². The van der Waals surface area contributed by atoms with Crippen LogP contribution in [0.15, 0.2) is 18.2 Å². The van der Waals surface area contributed by atoms with Crippen molar-refractivity contribution in [1.82, 2.24) is 5.32 Å². The summed E-state index contributed by atoms with van der Waals surface area (Å²) < 4.78 is 55.9. The van der Waals surface area contributed by atoms with E-state index in [1.807, 2.05) is 0 Å². The molecule has 120 valence electrons. The fraction of sp³-hybridized carbons (Fsp3) is 0.600. The van der Waals surface area contributed by atoms with Crippen LogP contribution in [0, 0.1) is 5.82 Å². The van der Waals surface area contributed by atoms with Gasteiger partial charge in [-0.05, 0) is 44.0 Å². The van der Waals surface area contributed by atoms with Gasteiger partial charge in [-0.25, -0.2) is 4.39 Å². The van der Waals surface area contributed by atoms with Crippen molar-refractivity contribution in [2.75, 3.05) is 13.2 Å². The molecule has 0 aromatic heterocycles. The summed E-state index contributed by atoms with van der Waals surface area (Å²) in [6.45, 7) is 5.36. The monoisotopic (exact) mass is 307 g/mol. The first kappa shape index (κ1) is 17.8. The van der Waals surface area contributed by atoms with E-state index in [1.165, 1.54) is 6.07 Å². The van der Waals surface area contributed by atoms with Gasteiger partial charge >= 0.3 is 6.18 Å². The predicted octanol–water partition coefficient (Wildman–Crippen LogP) is 4.39. The van der Waals surface area contributed by atoms with E-state index in [4.69, 9.17) is 4.74 Å². The minimum atomic E-state index is -4.70. The number of nitrogens with one attached hydrogen (secondary N) is 1. The highest BCUT2D eigenvalue weighted by atomic mass is 19.4. The molecule has 0 aliphatic heterocycles. The van der Waals surface area contributed by atoms with Gasteiger partial charge in [-0.15, -0.1) is 0 Å². The van der Waals surface area contributed by atoms with E-state index in [0.29, 0.717) is 18.7 Å². The van der Waals surface area contributed by atoms with Gasteiger partial charge in [0.05, 0.1) is 12.2 Å². The van der Waals surface area contributed by atoms with E-state index >= 15 is 0 Å². The number of unbranched alkanes of at least 4 members (excludes halogenated alkanes) is 2. The lowest BCUT2D eigenvalue weighted by Gasteiger charge is -2.11. The Morgan fingerprint density at radius 2 is 1.86 bits per heavy atom. The van der Waals surface area contributed by atoms with Crippen LogP contribution < -0.4 is 10.1 Å². The average molecular weight is 307 g/mol. The molecule has 0 spiro atoms. The molecule has 21 heavy (non-hydrogen) atoms. The molecule has 0 amide bonds. The molecular formula is C15H21F4NO. The number of halogens is 4. The molecule has 0 fully saturated rings. The molecule has 6 heteroatoms. The zero-order chi connectivity index (χ0) is 15.9. The summed E-state index contributed by atoms with van der Waals surface area (Å²) in [5.74, 6) is -1.24. The standard InChI is InChI=1S/C15H21F4NO/c1-11(2)20-8-4-3-5-9-21-12-6-7-14(16)13(10-12)15(17,18)19/h6-7,10-11,20H,3-5,8-9H2,1-2H3. The Balaban J connectivity index is 2.33. The van der Waals surface area contributed by atoms with Crippen LogP contribution >= 0.6 is 0 Å². The van der Waals surface area contributed by atoms with Gasteiger partial charge in [0.2, 0.25) is 0 Å². The number of benzene rings is 1. The molecule has 0 saturated heterocycles. The number of ether oxygens (including phenoxy) is 1. The van der Waals surface area contributed by atoms with Crippen molar-refractivity contribution in [3.05, 3.63) is 29.6 Å². The highest BCUT2D eigenvalue weighted by molar-refractivity contribution is 5.31. The van der Waals surface area contributed by atoms with Gasteiger partial charge in [-0.3, -0.25) is 0 Å². The van der Waals surface area contributed by atoms with E-state index in [1.54, 1.807) is 0 Å². The summed E-state index contributed by atoms with van der Waals surface area (Å²) in [6.07, 6.45) is -2.05. The highest BCUT2D eigenvalue weighted by Gasteiger charge is 2.34. The number of hydrogen-bond donors (Lipinski definition) is 1. The fourth-order valence-corrected chi connectivity index (χ4v) is 1.80. The number of alkyl halides is 3. The van der Waals surface area contributed by atoms with Gasteiger partial charge in [0.15, 0.2) is 0 Å². The zero-order valence-electron chi connectivity index (χ0n) is 12.3. The van der Waals surface area contributed by atoms with Crippen LogP contribution in [0.5, 0.6) is 5.75 Å². The van der Waals surface area contributed by atoms with E-state index in [0.717, 1.165) is 31.9 Å². The maximum atomic E-state index is 13.1. The Hall–Kier alpha value is -1.30. The molecule has 0 aliphatic rings. The Morgan fingerprint density at radius 3 is 2.48 bits per heavy atom. The second-order valence-corrected chi connectivity index (χ2v) is 5.16. The molecule has 0 unspecified atom stereocenters. The third-order valence-corrected chi connectivity index (χ3v) is 2.89. The summed E-state index contributed by atoms with van der Waals surface area (Å²) in [6, 6.07) is 3.15. The van der Waals surface area contributed by atoms with Crippen molar-refractivity contribution in [3.8, 4) is 5.75 Å². The van der Waals surface area contributed by atoms with Crippen molar-refractivity contribution in [1.29, 1.82) is 0 Å². The normalized spacial score (nSPS) is 12.0. The van der Waals surface area contributed by atoms with Crippen LogP contribution in [0.2, 0.25) is 0 Å². The molecule has 2 nitrogen and oxygen atoms in total. The molecule has 0 radical (unpaired) electrons. The third-order valence-electron chi connectivity index (χ3n) is 2.89. The smallest absolute Gasteiger partial charge is 0.419 e. The van der Waals surface area contributed by atoms with Crippen molar-refractivity contribution in [2.24, 2.45) is 0 Å². The zero-order valence-corrected chi connectivity index (χ0v) is 12.3. The summed E-state index contributed by atoms with van der Waals surface area (Å²) in [5, 5.41) is 3.28. The van der Waals surface area contributed by atoms with Crippen LogP contribution in [0.4, 0.5) is 17.6 Å². The second-order valence-electron chi connectivity index (χ2n) is 5.16. The first-order valence-electron chi connectivity index (χ1n) is 7.03. The molecule has 1 aromatic carbocycles. The van der Waals surface area contributed by atoms with Crippen LogP contribution in [0.25, 0.3) is 0 Å². The van der Waals surface area contributed by atoms with E-state index < -0.39 is 17.6 Å². The first-order valence-corrected chi connectivity index (χ1v) is 7.03. The van der Waals surface area contributed by atoms with Crippen molar-refractivity contribution >= 4 is 0 Å². The minimum Gasteiger partial charge on any atom is -0.494 e.